The summed E-state index contributed by atoms with van der Waals surface area (Å²) in [5, 5.41) is 12.3. The predicted octanol–water partition coefficient (Wildman–Crippen LogP) is 2.83. The van der Waals surface area contributed by atoms with E-state index in [1.165, 1.54) is 0 Å². The lowest BCUT2D eigenvalue weighted by atomic mass is 10.2. The second-order valence-electron chi connectivity index (χ2n) is 5.35. The largest absolute Gasteiger partial charge is 0.405 e. The van der Waals surface area contributed by atoms with Crippen LogP contribution in [0.25, 0.3) is 0 Å². The number of nitrogens with zero attached hydrogens (tertiary/aromatic N) is 1. The normalized spacial score (nSPS) is 11.7. The minimum atomic E-state index is -4.60. The molecule has 2 aromatic carbocycles. The number of hydrogen-bond acceptors (Lipinski definition) is 5. The standard InChI is InChI=1S/C15H11F4N3O5S/c16-12-6-3-10(7-13(12)22(24)25)21-28(26,27)11-4-1-9(2-5-11)14(23)20-8-15(17,18)19/h1-7,21H,8H2,(H,20,23). The van der Waals surface area contributed by atoms with Crippen LogP contribution in [0.15, 0.2) is 47.4 Å². The van der Waals surface area contributed by atoms with E-state index in [-0.39, 0.29) is 16.1 Å². The average molecular weight is 421 g/mol. The lowest BCUT2D eigenvalue weighted by molar-refractivity contribution is -0.387. The third-order valence-corrected chi connectivity index (χ3v) is 4.67. The number of sulfonamides is 1. The van der Waals surface area contributed by atoms with Crippen LogP contribution in [0, 0.1) is 15.9 Å². The number of carbonyl (C=O) groups excluding carboxylic acids is 1. The third-order valence-electron chi connectivity index (χ3n) is 3.27. The molecule has 2 aromatic rings. The number of nitro benzene ring substituents is 1. The second-order valence-corrected chi connectivity index (χ2v) is 7.03. The van der Waals surface area contributed by atoms with E-state index < -0.39 is 45.1 Å². The number of nitro groups is 1. The fraction of sp³-hybridized carbons (Fsp3) is 0.133. The molecule has 0 bridgehead atoms. The van der Waals surface area contributed by atoms with Gasteiger partial charge in [-0.2, -0.15) is 17.6 Å². The van der Waals surface area contributed by atoms with Crippen molar-refractivity contribution in [3.05, 3.63) is 64.0 Å². The first-order valence-electron chi connectivity index (χ1n) is 7.31. The lowest BCUT2D eigenvalue weighted by Crippen LogP contribution is -2.33. The molecule has 150 valence electrons. The summed E-state index contributed by atoms with van der Waals surface area (Å²) in [6, 6.07) is 6.28. The minimum Gasteiger partial charge on any atom is -0.343 e. The molecule has 0 aliphatic rings. The summed E-state index contributed by atoms with van der Waals surface area (Å²) in [5.74, 6) is -2.20. The van der Waals surface area contributed by atoms with Crippen molar-refractivity contribution in [3.8, 4) is 0 Å². The Hall–Kier alpha value is -3.22. The van der Waals surface area contributed by atoms with Crippen molar-refractivity contribution in [1.82, 2.24) is 5.32 Å². The van der Waals surface area contributed by atoms with Crippen LogP contribution in [0.4, 0.5) is 28.9 Å². The highest BCUT2D eigenvalue weighted by molar-refractivity contribution is 7.92. The van der Waals surface area contributed by atoms with E-state index in [0.717, 1.165) is 30.3 Å². The number of alkyl halides is 3. The summed E-state index contributed by atoms with van der Waals surface area (Å²) in [6.45, 7) is -1.54. The topological polar surface area (TPSA) is 118 Å². The summed E-state index contributed by atoms with van der Waals surface area (Å²) in [7, 11) is -4.25. The second kappa shape index (κ2) is 7.80. The first-order valence-corrected chi connectivity index (χ1v) is 8.79. The molecular weight excluding hydrogens is 410 g/mol. The van der Waals surface area contributed by atoms with Gasteiger partial charge in [0.1, 0.15) is 6.54 Å². The van der Waals surface area contributed by atoms with Crippen molar-refractivity contribution >= 4 is 27.3 Å². The summed E-state index contributed by atoms with van der Waals surface area (Å²) in [5.41, 5.74) is -1.42. The smallest absolute Gasteiger partial charge is 0.343 e. The van der Waals surface area contributed by atoms with Crippen molar-refractivity contribution in [2.45, 2.75) is 11.1 Å². The van der Waals surface area contributed by atoms with Crippen molar-refractivity contribution < 1.29 is 35.7 Å². The van der Waals surface area contributed by atoms with E-state index in [4.69, 9.17) is 0 Å². The molecule has 1 amide bonds. The maximum Gasteiger partial charge on any atom is 0.405 e. The number of halogens is 4. The van der Waals surface area contributed by atoms with Crippen molar-refractivity contribution in [3.63, 3.8) is 0 Å². The fourth-order valence-electron chi connectivity index (χ4n) is 2.00. The first kappa shape index (κ1) is 21.1. The Balaban J connectivity index is 2.17. The van der Waals surface area contributed by atoms with Crippen LogP contribution >= 0.6 is 0 Å². The van der Waals surface area contributed by atoms with Gasteiger partial charge in [0.15, 0.2) is 0 Å². The summed E-state index contributed by atoms with van der Waals surface area (Å²) in [4.78, 5) is 20.9. The number of hydrogen-bond donors (Lipinski definition) is 2. The summed E-state index contributed by atoms with van der Waals surface area (Å²) < 4.78 is 76.2. The number of benzene rings is 2. The Morgan fingerprint density at radius 2 is 1.71 bits per heavy atom. The molecule has 0 aliphatic carbocycles. The zero-order valence-electron chi connectivity index (χ0n) is 13.7. The Labute approximate surface area is 155 Å². The van der Waals surface area contributed by atoms with Gasteiger partial charge in [-0.15, -0.1) is 0 Å². The molecule has 2 rings (SSSR count). The lowest BCUT2D eigenvalue weighted by Gasteiger charge is -2.10. The molecule has 0 saturated carbocycles. The number of anilines is 1. The van der Waals surface area contributed by atoms with E-state index in [1.807, 2.05) is 4.72 Å². The van der Waals surface area contributed by atoms with Gasteiger partial charge in [0.2, 0.25) is 5.82 Å². The Bertz CT molecular complexity index is 1010. The van der Waals surface area contributed by atoms with Gasteiger partial charge in [-0.05, 0) is 36.4 Å². The third kappa shape index (κ3) is 5.39. The van der Waals surface area contributed by atoms with Crippen molar-refractivity contribution in [2.75, 3.05) is 11.3 Å². The Kier molecular flexibility index (Phi) is 5.87. The maximum atomic E-state index is 13.3. The van der Waals surface area contributed by atoms with Crippen LogP contribution in [-0.2, 0) is 10.0 Å². The van der Waals surface area contributed by atoms with Crippen LogP contribution in [-0.4, -0.2) is 32.0 Å². The zero-order valence-corrected chi connectivity index (χ0v) is 14.5. The van der Waals surface area contributed by atoms with Crippen LogP contribution in [0.3, 0.4) is 0 Å². The Morgan fingerprint density at radius 3 is 2.25 bits per heavy atom. The SMILES string of the molecule is O=C(NCC(F)(F)F)c1ccc(S(=O)(=O)Nc2ccc(F)c([N+](=O)[O-])c2)cc1. The molecule has 28 heavy (non-hydrogen) atoms. The molecular formula is C15H11F4N3O5S. The molecule has 0 heterocycles. The van der Waals surface area contributed by atoms with E-state index >= 15 is 0 Å². The average Bonchev–Trinajstić information content (AvgIpc) is 2.60. The molecule has 0 spiro atoms. The highest BCUT2D eigenvalue weighted by Crippen LogP contribution is 2.24. The van der Waals surface area contributed by atoms with E-state index in [9.17, 15) is 40.9 Å². The number of rotatable bonds is 6. The fourth-order valence-corrected chi connectivity index (χ4v) is 3.05. The first-order chi connectivity index (χ1) is 12.9. The van der Waals surface area contributed by atoms with Gasteiger partial charge in [-0.25, -0.2) is 8.42 Å². The van der Waals surface area contributed by atoms with Gasteiger partial charge in [-0.1, -0.05) is 0 Å². The Morgan fingerprint density at radius 1 is 1.11 bits per heavy atom. The van der Waals surface area contributed by atoms with Crippen LogP contribution in [0.2, 0.25) is 0 Å². The quantitative estimate of drug-likeness (QED) is 0.422. The summed E-state index contributed by atoms with van der Waals surface area (Å²) in [6.07, 6.45) is -4.60. The maximum absolute atomic E-state index is 13.3. The monoisotopic (exact) mass is 421 g/mol. The molecule has 0 aromatic heterocycles. The molecule has 0 saturated heterocycles. The molecule has 13 heteroatoms. The number of carbonyl (C=O) groups is 1. The van der Waals surface area contributed by atoms with Gasteiger partial charge in [0, 0.05) is 11.6 Å². The molecule has 0 fully saturated rings. The van der Waals surface area contributed by atoms with Gasteiger partial charge in [0.05, 0.1) is 15.5 Å². The summed E-state index contributed by atoms with van der Waals surface area (Å²) >= 11 is 0. The molecule has 2 N–H and O–H groups in total. The number of nitrogens with one attached hydrogen (secondary N) is 2. The van der Waals surface area contributed by atoms with E-state index in [2.05, 4.69) is 0 Å². The highest BCUT2D eigenvalue weighted by Gasteiger charge is 2.28. The zero-order chi connectivity index (χ0) is 21.1. The highest BCUT2D eigenvalue weighted by atomic mass is 32.2. The van der Waals surface area contributed by atoms with Gasteiger partial charge >= 0.3 is 11.9 Å². The number of amides is 1. The van der Waals surface area contributed by atoms with Crippen molar-refractivity contribution in [2.24, 2.45) is 0 Å². The minimum absolute atomic E-state index is 0.208. The van der Waals surface area contributed by atoms with Gasteiger partial charge in [0.25, 0.3) is 15.9 Å². The molecule has 8 nitrogen and oxygen atoms in total. The van der Waals surface area contributed by atoms with Crippen molar-refractivity contribution in [1.29, 1.82) is 0 Å². The van der Waals surface area contributed by atoms with E-state index in [1.54, 1.807) is 5.32 Å². The van der Waals surface area contributed by atoms with Gasteiger partial charge in [-0.3, -0.25) is 19.6 Å². The van der Waals surface area contributed by atoms with Crippen LogP contribution in [0.1, 0.15) is 10.4 Å². The molecule has 0 aliphatic heterocycles. The van der Waals surface area contributed by atoms with Crippen LogP contribution in [0.5, 0.6) is 0 Å². The molecule has 0 unspecified atom stereocenters. The van der Waals surface area contributed by atoms with Crippen LogP contribution < -0.4 is 10.0 Å². The van der Waals surface area contributed by atoms with Gasteiger partial charge < -0.3 is 5.32 Å². The molecule has 0 radical (unpaired) electrons. The van der Waals surface area contributed by atoms with E-state index in [0.29, 0.717) is 12.1 Å². The molecule has 0 atom stereocenters. The predicted molar refractivity (Wildman–Crippen MR) is 88.7 cm³/mol.